The third kappa shape index (κ3) is 3.12. The fraction of sp³-hybridized carbons (Fsp3) is 0.643. The van der Waals surface area contributed by atoms with Crippen LogP contribution in [0.5, 0.6) is 0 Å². The van der Waals surface area contributed by atoms with Crippen LogP contribution in [-0.4, -0.2) is 29.9 Å². The van der Waals surface area contributed by atoms with Crippen molar-refractivity contribution < 1.29 is 4.79 Å². The van der Waals surface area contributed by atoms with Gasteiger partial charge < -0.3 is 10.6 Å². The van der Waals surface area contributed by atoms with Crippen LogP contribution in [0.15, 0.2) is 17.5 Å². The van der Waals surface area contributed by atoms with Crippen LogP contribution < -0.4 is 5.73 Å². The molecule has 3 atom stereocenters. The van der Waals surface area contributed by atoms with E-state index in [9.17, 15) is 4.79 Å². The minimum absolute atomic E-state index is 0. The Morgan fingerprint density at radius 2 is 2.26 bits per heavy atom. The standard InChI is InChI=1S/C14H20N2OS.ClH/c15-13-5-1-3-10-8-16(9-12(10)13)14(17)7-11-4-2-6-18-11;/h2,4,6,10,12-13H,1,3,5,7-9,15H2;1H. The highest BCUT2D eigenvalue weighted by Crippen LogP contribution is 2.35. The van der Waals surface area contributed by atoms with Gasteiger partial charge in [-0.1, -0.05) is 12.5 Å². The minimum atomic E-state index is 0. The molecule has 19 heavy (non-hydrogen) atoms. The van der Waals surface area contributed by atoms with Crippen molar-refractivity contribution in [2.75, 3.05) is 13.1 Å². The van der Waals surface area contributed by atoms with Crippen molar-refractivity contribution in [3.63, 3.8) is 0 Å². The fourth-order valence-electron chi connectivity index (χ4n) is 3.39. The lowest BCUT2D eigenvalue weighted by Crippen LogP contribution is -2.38. The molecule has 1 saturated carbocycles. The summed E-state index contributed by atoms with van der Waals surface area (Å²) in [5, 5.41) is 2.03. The molecule has 1 amide bonds. The van der Waals surface area contributed by atoms with Crippen LogP contribution in [0.25, 0.3) is 0 Å². The van der Waals surface area contributed by atoms with Gasteiger partial charge in [-0.15, -0.1) is 23.7 Å². The Morgan fingerprint density at radius 3 is 2.95 bits per heavy atom. The van der Waals surface area contributed by atoms with Crippen molar-refractivity contribution in [1.29, 1.82) is 0 Å². The molecule has 2 N–H and O–H groups in total. The van der Waals surface area contributed by atoms with E-state index in [1.54, 1.807) is 11.3 Å². The monoisotopic (exact) mass is 300 g/mol. The lowest BCUT2D eigenvalue weighted by Gasteiger charge is -2.29. The molecule has 1 saturated heterocycles. The van der Waals surface area contributed by atoms with Gasteiger partial charge in [0, 0.05) is 24.0 Å². The second-order valence-corrected chi connectivity index (χ2v) is 6.61. The highest BCUT2D eigenvalue weighted by atomic mass is 35.5. The summed E-state index contributed by atoms with van der Waals surface area (Å²) in [5.41, 5.74) is 6.18. The Morgan fingerprint density at radius 1 is 1.42 bits per heavy atom. The molecular formula is C14H21ClN2OS. The Hall–Kier alpha value is -0.580. The third-order valence-electron chi connectivity index (χ3n) is 4.41. The Bertz CT molecular complexity index is 423. The normalized spacial score (nSPS) is 29.7. The number of amides is 1. The first-order chi connectivity index (χ1) is 8.74. The summed E-state index contributed by atoms with van der Waals surface area (Å²) < 4.78 is 0. The highest BCUT2D eigenvalue weighted by molar-refractivity contribution is 7.10. The van der Waals surface area contributed by atoms with Gasteiger partial charge in [0.2, 0.25) is 5.91 Å². The zero-order valence-corrected chi connectivity index (χ0v) is 12.6. The first-order valence-electron chi connectivity index (χ1n) is 6.80. The summed E-state index contributed by atoms with van der Waals surface area (Å²) in [7, 11) is 0. The van der Waals surface area contributed by atoms with E-state index in [4.69, 9.17) is 5.73 Å². The van der Waals surface area contributed by atoms with Gasteiger partial charge in [0.15, 0.2) is 0 Å². The van der Waals surface area contributed by atoms with Crippen LogP contribution in [0.3, 0.4) is 0 Å². The molecule has 1 aliphatic heterocycles. The summed E-state index contributed by atoms with van der Waals surface area (Å²) >= 11 is 1.66. The van der Waals surface area contributed by atoms with Crippen LogP contribution in [0.2, 0.25) is 0 Å². The first-order valence-corrected chi connectivity index (χ1v) is 7.68. The highest BCUT2D eigenvalue weighted by Gasteiger charge is 2.40. The van der Waals surface area contributed by atoms with E-state index >= 15 is 0 Å². The SMILES string of the molecule is Cl.NC1CCCC2CN(C(=O)Cc3cccs3)CC12. The number of nitrogens with two attached hydrogens (primary N) is 1. The van der Waals surface area contributed by atoms with E-state index in [-0.39, 0.29) is 18.3 Å². The first kappa shape index (κ1) is 14.8. The van der Waals surface area contributed by atoms with Gasteiger partial charge in [-0.25, -0.2) is 0 Å². The second-order valence-electron chi connectivity index (χ2n) is 5.57. The van der Waals surface area contributed by atoms with E-state index in [1.165, 1.54) is 17.7 Å². The van der Waals surface area contributed by atoms with Crippen LogP contribution in [0.1, 0.15) is 24.1 Å². The predicted molar refractivity (Wildman–Crippen MR) is 80.7 cm³/mol. The van der Waals surface area contributed by atoms with Gasteiger partial charge in [-0.2, -0.15) is 0 Å². The zero-order chi connectivity index (χ0) is 12.5. The number of rotatable bonds is 2. The number of likely N-dealkylation sites (tertiary alicyclic amines) is 1. The number of thiophene rings is 1. The summed E-state index contributed by atoms with van der Waals surface area (Å²) in [6, 6.07) is 4.35. The topological polar surface area (TPSA) is 46.3 Å². The molecule has 0 radical (unpaired) electrons. The quantitative estimate of drug-likeness (QED) is 0.911. The van der Waals surface area contributed by atoms with Gasteiger partial charge in [0.1, 0.15) is 0 Å². The molecule has 1 aromatic rings. The summed E-state index contributed by atoms with van der Waals surface area (Å²) in [5.74, 6) is 1.48. The largest absolute Gasteiger partial charge is 0.342 e. The molecule has 0 bridgehead atoms. The molecule has 1 aromatic heterocycles. The van der Waals surface area contributed by atoms with E-state index in [0.29, 0.717) is 24.3 Å². The minimum Gasteiger partial charge on any atom is -0.342 e. The second kappa shape index (κ2) is 6.25. The average Bonchev–Trinajstić information content (AvgIpc) is 2.97. The molecule has 106 valence electrons. The summed E-state index contributed by atoms with van der Waals surface area (Å²) in [4.78, 5) is 15.5. The smallest absolute Gasteiger partial charge is 0.227 e. The molecule has 2 heterocycles. The van der Waals surface area contributed by atoms with E-state index in [0.717, 1.165) is 19.5 Å². The number of fused-ring (bicyclic) bond motifs is 1. The lowest BCUT2D eigenvalue weighted by molar-refractivity contribution is -0.129. The van der Waals surface area contributed by atoms with Gasteiger partial charge >= 0.3 is 0 Å². The summed E-state index contributed by atoms with van der Waals surface area (Å²) in [6.07, 6.45) is 4.18. The number of carbonyl (C=O) groups is 1. The fourth-order valence-corrected chi connectivity index (χ4v) is 4.09. The molecule has 0 spiro atoms. The number of halogens is 1. The van der Waals surface area contributed by atoms with Gasteiger partial charge in [-0.05, 0) is 36.1 Å². The van der Waals surface area contributed by atoms with Crippen molar-refractivity contribution in [1.82, 2.24) is 4.90 Å². The molecule has 2 fully saturated rings. The van der Waals surface area contributed by atoms with E-state index < -0.39 is 0 Å². The Balaban J connectivity index is 0.00000133. The van der Waals surface area contributed by atoms with Crippen LogP contribution in [0, 0.1) is 11.8 Å². The van der Waals surface area contributed by atoms with Crippen molar-refractivity contribution >= 4 is 29.7 Å². The van der Waals surface area contributed by atoms with Crippen LogP contribution in [-0.2, 0) is 11.2 Å². The lowest BCUT2D eigenvalue weighted by atomic mass is 9.78. The summed E-state index contributed by atoms with van der Waals surface area (Å²) in [6.45, 7) is 1.82. The maximum Gasteiger partial charge on any atom is 0.227 e. The maximum atomic E-state index is 12.3. The molecule has 3 unspecified atom stereocenters. The molecule has 3 rings (SSSR count). The van der Waals surface area contributed by atoms with Crippen molar-refractivity contribution in [3.8, 4) is 0 Å². The molecule has 5 heteroatoms. The predicted octanol–water partition coefficient (Wildman–Crippen LogP) is 2.30. The van der Waals surface area contributed by atoms with Gasteiger partial charge in [-0.3, -0.25) is 4.79 Å². The van der Waals surface area contributed by atoms with E-state index in [2.05, 4.69) is 0 Å². The third-order valence-corrected chi connectivity index (χ3v) is 5.29. The van der Waals surface area contributed by atoms with Gasteiger partial charge in [0.05, 0.1) is 6.42 Å². The Kier molecular flexibility index (Phi) is 4.87. The maximum absolute atomic E-state index is 12.3. The number of nitrogens with zero attached hydrogens (tertiary/aromatic N) is 1. The van der Waals surface area contributed by atoms with Crippen molar-refractivity contribution in [3.05, 3.63) is 22.4 Å². The molecule has 3 nitrogen and oxygen atoms in total. The number of carbonyl (C=O) groups excluding carboxylic acids is 1. The number of hydrogen-bond donors (Lipinski definition) is 1. The van der Waals surface area contributed by atoms with Crippen molar-refractivity contribution in [2.24, 2.45) is 17.6 Å². The van der Waals surface area contributed by atoms with Crippen molar-refractivity contribution in [2.45, 2.75) is 31.7 Å². The van der Waals surface area contributed by atoms with E-state index in [1.807, 2.05) is 22.4 Å². The van der Waals surface area contributed by atoms with Crippen LogP contribution in [0.4, 0.5) is 0 Å². The molecular weight excluding hydrogens is 280 g/mol. The van der Waals surface area contributed by atoms with Crippen LogP contribution >= 0.6 is 23.7 Å². The molecule has 0 aromatic carbocycles. The number of hydrogen-bond acceptors (Lipinski definition) is 3. The average molecular weight is 301 g/mol. The van der Waals surface area contributed by atoms with Gasteiger partial charge in [0.25, 0.3) is 0 Å². The molecule has 2 aliphatic rings. The zero-order valence-electron chi connectivity index (χ0n) is 11.0. The Labute approximate surface area is 124 Å². The molecule has 1 aliphatic carbocycles.